The molecule has 0 fully saturated rings. The van der Waals surface area contributed by atoms with E-state index >= 15 is 0 Å². The van der Waals surface area contributed by atoms with Crippen molar-refractivity contribution in [3.63, 3.8) is 0 Å². The molecule has 1 unspecified atom stereocenters. The zero-order chi connectivity index (χ0) is 15.6. The Morgan fingerprint density at radius 3 is 2.67 bits per heavy atom. The molecule has 0 saturated carbocycles. The van der Waals surface area contributed by atoms with Crippen molar-refractivity contribution in [2.75, 3.05) is 0 Å². The summed E-state index contributed by atoms with van der Waals surface area (Å²) in [4.78, 5) is 26.3. The normalized spacial score (nSPS) is 12.6. The number of halogens is 2. The van der Waals surface area contributed by atoms with E-state index in [4.69, 9.17) is 5.73 Å². The highest BCUT2D eigenvalue weighted by Gasteiger charge is 2.23. The van der Waals surface area contributed by atoms with Gasteiger partial charge in [-0.05, 0) is 19.1 Å². The van der Waals surface area contributed by atoms with Crippen molar-refractivity contribution >= 4 is 34.7 Å². The molecule has 6 nitrogen and oxygen atoms in total. The Hall–Kier alpha value is -2.16. The maximum atomic E-state index is 13.2. The van der Waals surface area contributed by atoms with E-state index in [0.717, 1.165) is 16.3 Å². The Morgan fingerprint density at radius 1 is 1.38 bits per heavy atom. The zero-order valence-electron chi connectivity index (χ0n) is 10.9. The summed E-state index contributed by atoms with van der Waals surface area (Å²) < 4.78 is 27.1. The van der Waals surface area contributed by atoms with Gasteiger partial charge in [-0.1, -0.05) is 23.9 Å². The van der Waals surface area contributed by atoms with Crippen LogP contribution < -0.4 is 11.1 Å². The number of carbonyl (C=O) groups excluding carboxylic acids is 2. The van der Waals surface area contributed by atoms with Crippen LogP contribution in [0.15, 0.2) is 29.4 Å². The van der Waals surface area contributed by atoms with E-state index in [0.29, 0.717) is 5.52 Å². The number of para-hydroxylation sites is 2. The number of thioether (sulfide) groups is 1. The number of fused-ring (bicyclic) bond motifs is 1. The van der Waals surface area contributed by atoms with E-state index < -0.39 is 23.7 Å². The standard InChI is InChI=1S/C12H12F2N4O2S/c1-6(9(19)17-11(15)20)21-12-16-7-4-2-3-5-8(7)18(12)10(13)14/h2-6,10H,1H3,(H3,15,17,19,20). The summed E-state index contributed by atoms with van der Waals surface area (Å²) in [6.45, 7) is -1.32. The minimum atomic E-state index is -2.79. The molecule has 1 aromatic carbocycles. The first-order valence-electron chi connectivity index (χ1n) is 5.92. The van der Waals surface area contributed by atoms with Gasteiger partial charge in [0.2, 0.25) is 5.91 Å². The van der Waals surface area contributed by atoms with E-state index in [1.165, 1.54) is 13.0 Å². The highest BCUT2D eigenvalue weighted by molar-refractivity contribution is 8.00. The number of hydrogen-bond donors (Lipinski definition) is 2. The van der Waals surface area contributed by atoms with Crippen LogP contribution in [0.2, 0.25) is 0 Å². The molecule has 3 N–H and O–H groups in total. The van der Waals surface area contributed by atoms with Gasteiger partial charge in [0, 0.05) is 0 Å². The lowest BCUT2D eigenvalue weighted by Crippen LogP contribution is -2.39. The number of alkyl halides is 2. The van der Waals surface area contributed by atoms with E-state index in [2.05, 4.69) is 4.98 Å². The molecule has 21 heavy (non-hydrogen) atoms. The predicted molar refractivity (Wildman–Crippen MR) is 74.0 cm³/mol. The molecule has 0 aliphatic heterocycles. The smallest absolute Gasteiger partial charge is 0.321 e. The van der Waals surface area contributed by atoms with Crippen LogP contribution in [0.5, 0.6) is 0 Å². The summed E-state index contributed by atoms with van der Waals surface area (Å²) in [7, 11) is 0. The lowest BCUT2D eigenvalue weighted by Gasteiger charge is -2.11. The fraction of sp³-hybridized carbons (Fsp3) is 0.250. The molecule has 0 bridgehead atoms. The second-order valence-electron chi connectivity index (χ2n) is 4.14. The lowest BCUT2D eigenvalue weighted by atomic mass is 10.3. The second kappa shape index (κ2) is 6.08. The largest absolute Gasteiger partial charge is 0.351 e. The quantitative estimate of drug-likeness (QED) is 0.846. The third kappa shape index (κ3) is 3.30. The average Bonchev–Trinajstić information content (AvgIpc) is 2.75. The van der Waals surface area contributed by atoms with E-state index in [-0.39, 0.29) is 10.7 Å². The average molecular weight is 314 g/mol. The molecule has 1 aromatic heterocycles. The zero-order valence-corrected chi connectivity index (χ0v) is 11.7. The fourth-order valence-corrected chi connectivity index (χ4v) is 2.65. The molecule has 9 heteroatoms. The Kier molecular flexibility index (Phi) is 4.41. The van der Waals surface area contributed by atoms with Crippen molar-refractivity contribution in [1.29, 1.82) is 0 Å². The summed E-state index contributed by atoms with van der Waals surface area (Å²) in [5.41, 5.74) is 5.52. The first kappa shape index (κ1) is 15.2. The number of imide groups is 1. The summed E-state index contributed by atoms with van der Waals surface area (Å²) in [5.74, 6) is -0.666. The van der Waals surface area contributed by atoms with Crippen molar-refractivity contribution in [2.24, 2.45) is 5.73 Å². The SMILES string of the molecule is CC(Sc1nc2ccccc2n1C(F)F)C(=O)NC(N)=O. The number of imidazole rings is 1. The van der Waals surface area contributed by atoms with E-state index in [1.807, 2.05) is 5.32 Å². The van der Waals surface area contributed by atoms with Crippen molar-refractivity contribution < 1.29 is 18.4 Å². The van der Waals surface area contributed by atoms with E-state index in [1.54, 1.807) is 18.2 Å². The number of carbonyl (C=O) groups is 2. The van der Waals surface area contributed by atoms with Gasteiger partial charge in [0.05, 0.1) is 16.3 Å². The number of aromatic nitrogens is 2. The van der Waals surface area contributed by atoms with E-state index in [9.17, 15) is 18.4 Å². The number of benzene rings is 1. The number of hydrogen-bond acceptors (Lipinski definition) is 4. The third-order valence-corrected chi connectivity index (χ3v) is 3.72. The number of rotatable bonds is 4. The molecular weight excluding hydrogens is 302 g/mol. The number of nitrogens with one attached hydrogen (secondary N) is 1. The summed E-state index contributed by atoms with van der Waals surface area (Å²) >= 11 is 0.826. The van der Waals surface area contributed by atoms with Gasteiger partial charge in [0.1, 0.15) is 0 Å². The van der Waals surface area contributed by atoms with Crippen LogP contribution in [0, 0.1) is 0 Å². The van der Waals surface area contributed by atoms with Gasteiger partial charge in [0.15, 0.2) is 5.16 Å². The summed E-state index contributed by atoms with van der Waals surface area (Å²) in [5, 5.41) is 1.10. The topological polar surface area (TPSA) is 90.0 Å². The van der Waals surface area contributed by atoms with Gasteiger partial charge in [-0.15, -0.1) is 0 Å². The molecule has 112 valence electrons. The first-order chi connectivity index (χ1) is 9.90. The molecule has 1 heterocycles. The maximum Gasteiger partial charge on any atom is 0.321 e. The number of primary amides is 1. The van der Waals surface area contributed by atoms with Crippen LogP contribution in [0.25, 0.3) is 11.0 Å². The molecule has 0 spiro atoms. The minimum Gasteiger partial charge on any atom is -0.351 e. The van der Waals surface area contributed by atoms with Gasteiger partial charge in [-0.25, -0.2) is 9.78 Å². The highest BCUT2D eigenvalue weighted by atomic mass is 32.2. The lowest BCUT2D eigenvalue weighted by molar-refractivity contribution is -0.119. The Balaban J connectivity index is 2.31. The van der Waals surface area contributed by atoms with Crippen molar-refractivity contribution in [3.8, 4) is 0 Å². The fourth-order valence-electron chi connectivity index (χ4n) is 1.73. The molecule has 0 saturated heterocycles. The Bertz CT molecular complexity index is 689. The second-order valence-corrected chi connectivity index (χ2v) is 5.45. The number of nitrogens with zero attached hydrogens (tertiary/aromatic N) is 2. The van der Waals surface area contributed by atoms with Gasteiger partial charge < -0.3 is 5.73 Å². The predicted octanol–water partition coefficient (Wildman–Crippen LogP) is 2.11. The van der Waals surface area contributed by atoms with Gasteiger partial charge in [0.25, 0.3) is 0 Å². The number of nitrogens with two attached hydrogens (primary N) is 1. The number of urea groups is 1. The van der Waals surface area contributed by atoms with Gasteiger partial charge in [-0.2, -0.15) is 8.78 Å². The van der Waals surface area contributed by atoms with Gasteiger partial charge in [-0.3, -0.25) is 14.7 Å². The minimum absolute atomic E-state index is 0.00156. The van der Waals surface area contributed by atoms with Gasteiger partial charge >= 0.3 is 12.6 Å². The molecule has 2 rings (SSSR count). The van der Waals surface area contributed by atoms with Crippen molar-refractivity contribution in [2.45, 2.75) is 23.9 Å². The third-order valence-electron chi connectivity index (χ3n) is 2.66. The Labute approximate surface area is 122 Å². The molecule has 0 aliphatic carbocycles. The van der Waals surface area contributed by atoms with Crippen LogP contribution >= 0.6 is 11.8 Å². The Morgan fingerprint density at radius 2 is 2.05 bits per heavy atom. The van der Waals surface area contributed by atoms with Crippen LogP contribution in [0.1, 0.15) is 13.5 Å². The van der Waals surface area contributed by atoms with Crippen molar-refractivity contribution in [3.05, 3.63) is 24.3 Å². The maximum absolute atomic E-state index is 13.2. The van der Waals surface area contributed by atoms with Crippen LogP contribution in [0.3, 0.4) is 0 Å². The summed E-state index contributed by atoms with van der Waals surface area (Å²) in [6.07, 6.45) is 0. The highest BCUT2D eigenvalue weighted by Crippen LogP contribution is 2.31. The van der Waals surface area contributed by atoms with Crippen LogP contribution in [0.4, 0.5) is 13.6 Å². The summed E-state index contributed by atoms with van der Waals surface area (Å²) in [6, 6.07) is 5.44. The monoisotopic (exact) mass is 314 g/mol. The molecule has 0 radical (unpaired) electrons. The molecule has 1 atom stereocenters. The molecular formula is C12H12F2N4O2S. The molecule has 3 amide bonds. The van der Waals surface area contributed by atoms with Crippen LogP contribution in [-0.2, 0) is 4.79 Å². The molecule has 0 aliphatic rings. The molecule has 2 aromatic rings. The number of amides is 3. The first-order valence-corrected chi connectivity index (χ1v) is 6.80. The van der Waals surface area contributed by atoms with Crippen molar-refractivity contribution in [1.82, 2.24) is 14.9 Å². The van der Waals surface area contributed by atoms with Crippen LogP contribution in [-0.4, -0.2) is 26.7 Å².